The first-order chi connectivity index (χ1) is 13.8. The van der Waals surface area contributed by atoms with Crippen molar-refractivity contribution in [3.05, 3.63) is 78.5 Å². The summed E-state index contributed by atoms with van der Waals surface area (Å²) in [5.41, 5.74) is 3.72. The number of ether oxygens (including phenoxy) is 1. The SMILES string of the molecule is O=C(/C=C/c1cn(-c2ccccc2)nc1-c1ccccc1)NC1CCCOC1. The summed E-state index contributed by atoms with van der Waals surface area (Å²) in [7, 11) is 0. The van der Waals surface area contributed by atoms with Gasteiger partial charge in [0, 0.05) is 30.0 Å². The maximum absolute atomic E-state index is 12.3. The second-order valence-corrected chi connectivity index (χ2v) is 6.84. The molecule has 5 nitrogen and oxygen atoms in total. The van der Waals surface area contributed by atoms with Gasteiger partial charge in [-0.1, -0.05) is 48.5 Å². The first-order valence-electron chi connectivity index (χ1n) is 9.56. The molecule has 1 saturated heterocycles. The van der Waals surface area contributed by atoms with Crippen LogP contribution in [0, 0.1) is 0 Å². The third-order valence-electron chi connectivity index (χ3n) is 4.73. The zero-order chi connectivity index (χ0) is 19.2. The smallest absolute Gasteiger partial charge is 0.244 e. The van der Waals surface area contributed by atoms with E-state index in [1.54, 1.807) is 6.08 Å². The number of carbonyl (C=O) groups is 1. The Morgan fingerprint density at radius 2 is 1.86 bits per heavy atom. The Balaban J connectivity index is 1.59. The molecule has 2 heterocycles. The van der Waals surface area contributed by atoms with Crippen molar-refractivity contribution in [2.75, 3.05) is 13.2 Å². The monoisotopic (exact) mass is 373 g/mol. The van der Waals surface area contributed by atoms with Crippen LogP contribution in [0.15, 0.2) is 72.9 Å². The van der Waals surface area contributed by atoms with E-state index in [1.807, 2.05) is 77.6 Å². The summed E-state index contributed by atoms with van der Waals surface area (Å²) < 4.78 is 7.27. The Labute approximate surface area is 164 Å². The fourth-order valence-electron chi connectivity index (χ4n) is 3.31. The molecule has 1 N–H and O–H groups in total. The average molecular weight is 373 g/mol. The molecule has 1 amide bonds. The van der Waals surface area contributed by atoms with Gasteiger partial charge in [-0.25, -0.2) is 4.68 Å². The Hall–Kier alpha value is -3.18. The quantitative estimate of drug-likeness (QED) is 0.691. The Morgan fingerprint density at radius 3 is 2.57 bits per heavy atom. The molecular formula is C23H23N3O2. The summed E-state index contributed by atoms with van der Waals surface area (Å²) in [4.78, 5) is 12.3. The molecule has 1 atom stereocenters. The van der Waals surface area contributed by atoms with Crippen molar-refractivity contribution in [1.82, 2.24) is 15.1 Å². The van der Waals surface area contributed by atoms with E-state index in [-0.39, 0.29) is 11.9 Å². The molecule has 28 heavy (non-hydrogen) atoms. The molecule has 0 aliphatic carbocycles. The van der Waals surface area contributed by atoms with Crippen molar-refractivity contribution in [3.63, 3.8) is 0 Å². The maximum Gasteiger partial charge on any atom is 0.244 e. The second kappa shape index (κ2) is 8.67. The van der Waals surface area contributed by atoms with Gasteiger partial charge in [0.05, 0.1) is 24.0 Å². The van der Waals surface area contributed by atoms with Crippen LogP contribution in [0.2, 0.25) is 0 Å². The third kappa shape index (κ3) is 4.38. The topological polar surface area (TPSA) is 56.2 Å². The highest BCUT2D eigenvalue weighted by Gasteiger charge is 2.15. The van der Waals surface area contributed by atoms with E-state index in [1.165, 1.54) is 0 Å². The molecule has 1 unspecified atom stereocenters. The lowest BCUT2D eigenvalue weighted by atomic mass is 10.1. The highest BCUT2D eigenvalue weighted by Crippen LogP contribution is 2.24. The van der Waals surface area contributed by atoms with E-state index in [0.29, 0.717) is 6.61 Å². The molecule has 0 saturated carbocycles. The number of amides is 1. The number of benzene rings is 2. The van der Waals surface area contributed by atoms with Gasteiger partial charge < -0.3 is 10.1 Å². The van der Waals surface area contributed by atoms with Crippen molar-refractivity contribution in [3.8, 4) is 16.9 Å². The Kier molecular flexibility index (Phi) is 5.64. The predicted molar refractivity (Wildman–Crippen MR) is 110 cm³/mol. The van der Waals surface area contributed by atoms with Gasteiger partial charge in [-0.05, 0) is 31.1 Å². The van der Waals surface area contributed by atoms with Crippen LogP contribution in [0.25, 0.3) is 23.0 Å². The van der Waals surface area contributed by atoms with Crippen molar-refractivity contribution in [2.45, 2.75) is 18.9 Å². The fraction of sp³-hybridized carbons (Fsp3) is 0.217. The molecule has 1 fully saturated rings. The minimum Gasteiger partial charge on any atom is -0.379 e. The highest BCUT2D eigenvalue weighted by molar-refractivity contribution is 5.93. The second-order valence-electron chi connectivity index (χ2n) is 6.84. The minimum atomic E-state index is -0.109. The van der Waals surface area contributed by atoms with E-state index in [0.717, 1.165) is 42.0 Å². The van der Waals surface area contributed by atoms with Crippen LogP contribution >= 0.6 is 0 Å². The molecule has 0 bridgehead atoms. The molecule has 0 spiro atoms. The fourth-order valence-corrected chi connectivity index (χ4v) is 3.31. The van der Waals surface area contributed by atoms with E-state index in [4.69, 9.17) is 9.84 Å². The van der Waals surface area contributed by atoms with Crippen LogP contribution in [0.1, 0.15) is 18.4 Å². The van der Waals surface area contributed by atoms with Gasteiger partial charge in [0.2, 0.25) is 5.91 Å². The van der Waals surface area contributed by atoms with Crippen LogP contribution in [-0.2, 0) is 9.53 Å². The predicted octanol–water partition coefficient (Wildman–Crippen LogP) is 3.85. The molecule has 2 aromatic carbocycles. The van der Waals surface area contributed by atoms with Crippen LogP contribution < -0.4 is 5.32 Å². The number of aromatic nitrogens is 2. The van der Waals surface area contributed by atoms with Crippen LogP contribution in [0.3, 0.4) is 0 Å². The van der Waals surface area contributed by atoms with Gasteiger partial charge in [-0.15, -0.1) is 0 Å². The summed E-state index contributed by atoms with van der Waals surface area (Å²) in [5.74, 6) is -0.109. The van der Waals surface area contributed by atoms with Crippen molar-refractivity contribution >= 4 is 12.0 Å². The van der Waals surface area contributed by atoms with Gasteiger partial charge in [0.25, 0.3) is 0 Å². The van der Waals surface area contributed by atoms with E-state index in [9.17, 15) is 4.79 Å². The molecule has 1 aliphatic rings. The lowest BCUT2D eigenvalue weighted by Crippen LogP contribution is -2.39. The number of nitrogens with zero attached hydrogens (tertiary/aromatic N) is 2. The number of hydrogen-bond acceptors (Lipinski definition) is 3. The molecule has 4 rings (SSSR count). The molecule has 0 radical (unpaired) electrons. The van der Waals surface area contributed by atoms with E-state index >= 15 is 0 Å². The normalized spacial score (nSPS) is 16.9. The summed E-state index contributed by atoms with van der Waals surface area (Å²) in [6, 6.07) is 20.0. The molecular weight excluding hydrogens is 350 g/mol. The lowest BCUT2D eigenvalue weighted by molar-refractivity contribution is -0.118. The summed E-state index contributed by atoms with van der Waals surface area (Å²) in [5, 5.41) is 7.77. The zero-order valence-electron chi connectivity index (χ0n) is 15.6. The summed E-state index contributed by atoms with van der Waals surface area (Å²) in [6.45, 7) is 1.36. The van der Waals surface area contributed by atoms with Crippen molar-refractivity contribution in [1.29, 1.82) is 0 Å². The third-order valence-corrected chi connectivity index (χ3v) is 4.73. The zero-order valence-corrected chi connectivity index (χ0v) is 15.6. The number of para-hydroxylation sites is 1. The van der Waals surface area contributed by atoms with Crippen LogP contribution in [0.5, 0.6) is 0 Å². The summed E-state index contributed by atoms with van der Waals surface area (Å²) in [6.07, 6.45) is 7.30. The molecule has 142 valence electrons. The molecule has 3 aromatic rings. The highest BCUT2D eigenvalue weighted by atomic mass is 16.5. The Morgan fingerprint density at radius 1 is 1.11 bits per heavy atom. The van der Waals surface area contributed by atoms with Crippen molar-refractivity contribution < 1.29 is 9.53 Å². The van der Waals surface area contributed by atoms with Crippen LogP contribution in [-0.4, -0.2) is 34.9 Å². The van der Waals surface area contributed by atoms with E-state index in [2.05, 4.69) is 5.32 Å². The first kappa shape index (κ1) is 18.2. The van der Waals surface area contributed by atoms with Crippen LogP contribution in [0.4, 0.5) is 0 Å². The van der Waals surface area contributed by atoms with Crippen molar-refractivity contribution in [2.24, 2.45) is 0 Å². The number of rotatable bonds is 5. The van der Waals surface area contributed by atoms with E-state index < -0.39 is 0 Å². The number of hydrogen-bond donors (Lipinski definition) is 1. The molecule has 1 aromatic heterocycles. The average Bonchev–Trinajstić information content (AvgIpc) is 3.19. The Bertz CT molecular complexity index is 942. The minimum absolute atomic E-state index is 0.0894. The van der Waals surface area contributed by atoms with Gasteiger partial charge in [0.1, 0.15) is 0 Å². The van der Waals surface area contributed by atoms with Gasteiger partial charge in [0.15, 0.2) is 0 Å². The molecule has 1 aliphatic heterocycles. The maximum atomic E-state index is 12.3. The first-order valence-corrected chi connectivity index (χ1v) is 9.56. The summed E-state index contributed by atoms with van der Waals surface area (Å²) >= 11 is 0. The number of carbonyl (C=O) groups excluding carboxylic acids is 1. The molecule has 5 heteroatoms. The van der Waals surface area contributed by atoms with Gasteiger partial charge in [-0.2, -0.15) is 5.10 Å². The standard InChI is InChI=1S/C23H23N3O2/c27-22(24-20-10-7-15-28-17-20)14-13-19-16-26(21-11-5-2-6-12-21)25-23(19)18-8-3-1-4-9-18/h1-6,8-9,11-14,16,20H,7,10,15,17H2,(H,24,27)/b14-13+. The number of nitrogens with one attached hydrogen (secondary N) is 1. The van der Waals surface area contributed by atoms with Gasteiger partial charge >= 0.3 is 0 Å². The van der Waals surface area contributed by atoms with Gasteiger partial charge in [-0.3, -0.25) is 4.79 Å². The largest absolute Gasteiger partial charge is 0.379 e. The lowest BCUT2D eigenvalue weighted by Gasteiger charge is -2.22.